The maximum absolute atomic E-state index is 10.5. The summed E-state index contributed by atoms with van der Waals surface area (Å²) < 4.78 is 1.94. The van der Waals surface area contributed by atoms with E-state index in [0.29, 0.717) is 18.5 Å². The van der Waals surface area contributed by atoms with Crippen molar-refractivity contribution in [2.75, 3.05) is 0 Å². The van der Waals surface area contributed by atoms with Gasteiger partial charge in [-0.15, -0.1) is 0 Å². The fourth-order valence-corrected chi connectivity index (χ4v) is 1.92. The van der Waals surface area contributed by atoms with Gasteiger partial charge in [0.2, 0.25) is 0 Å². The molecule has 0 fully saturated rings. The second-order valence-corrected chi connectivity index (χ2v) is 3.86. The van der Waals surface area contributed by atoms with Gasteiger partial charge in [0.25, 0.3) is 0 Å². The van der Waals surface area contributed by atoms with Gasteiger partial charge in [0.1, 0.15) is 6.07 Å². The van der Waals surface area contributed by atoms with Crippen LogP contribution in [0.2, 0.25) is 0 Å². The second-order valence-electron chi connectivity index (χ2n) is 3.86. The average molecular weight is 228 g/mol. The Bertz CT molecular complexity index is 593. The molecular weight excluding hydrogens is 216 g/mol. The van der Waals surface area contributed by atoms with Crippen LogP contribution in [-0.4, -0.2) is 15.6 Å². The van der Waals surface area contributed by atoms with Gasteiger partial charge in [-0.3, -0.25) is 4.79 Å². The van der Waals surface area contributed by atoms with Crippen LogP contribution in [0.25, 0.3) is 10.9 Å². The third kappa shape index (κ3) is 2.28. The van der Waals surface area contributed by atoms with Crippen LogP contribution in [0.4, 0.5) is 0 Å². The summed E-state index contributed by atoms with van der Waals surface area (Å²) >= 11 is 0. The number of carboxylic acid groups (broad SMARTS) is 1. The first-order valence-electron chi connectivity index (χ1n) is 5.42. The molecule has 0 aliphatic rings. The lowest BCUT2D eigenvalue weighted by atomic mass is 10.2. The molecule has 1 N–H and O–H groups in total. The van der Waals surface area contributed by atoms with Crippen LogP contribution >= 0.6 is 0 Å². The van der Waals surface area contributed by atoms with Gasteiger partial charge in [-0.25, -0.2) is 0 Å². The van der Waals surface area contributed by atoms with Gasteiger partial charge in [0.05, 0.1) is 5.56 Å². The van der Waals surface area contributed by atoms with E-state index in [9.17, 15) is 4.79 Å². The minimum absolute atomic E-state index is 0.147. The largest absolute Gasteiger partial charge is 0.481 e. The molecule has 0 aliphatic carbocycles. The number of carboxylic acids is 1. The number of hydrogen-bond donors (Lipinski definition) is 1. The lowest BCUT2D eigenvalue weighted by Gasteiger charge is -2.03. The van der Waals surface area contributed by atoms with Crippen molar-refractivity contribution in [2.24, 2.45) is 0 Å². The van der Waals surface area contributed by atoms with E-state index >= 15 is 0 Å². The Morgan fingerprint density at radius 2 is 2.18 bits per heavy atom. The molecule has 0 unspecified atom stereocenters. The van der Waals surface area contributed by atoms with Gasteiger partial charge in [-0.2, -0.15) is 5.26 Å². The van der Waals surface area contributed by atoms with Crippen molar-refractivity contribution in [3.63, 3.8) is 0 Å². The van der Waals surface area contributed by atoms with Crippen LogP contribution in [0.3, 0.4) is 0 Å². The van der Waals surface area contributed by atoms with Crippen LogP contribution in [0.5, 0.6) is 0 Å². The summed E-state index contributed by atoms with van der Waals surface area (Å²) in [5, 5.41) is 18.5. The molecule has 0 atom stereocenters. The summed E-state index contributed by atoms with van der Waals surface area (Å²) in [7, 11) is 0. The van der Waals surface area contributed by atoms with Crippen LogP contribution in [0.1, 0.15) is 18.4 Å². The molecule has 0 aliphatic heterocycles. The van der Waals surface area contributed by atoms with Crippen molar-refractivity contribution in [1.29, 1.82) is 5.26 Å². The number of carbonyl (C=O) groups is 1. The lowest BCUT2D eigenvalue weighted by molar-refractivity contribution is -0.137. The zero-order valence-electron chi connectivity index (χ0n) is 9.26. The normalized spacial score (nSPS) is 10.3. The third-order valence-electron chi connectivity index (χ3n) is 2.70. The van der Waals surface area contributed by atoms with E-state index in [2.05, 4.69) is 6.07 Å². The first-order chi connectivity index (χ1) is 8.22. The fourth-order valence-electron chi connectivity index (χ4n) is 1.92. The number of nitrogens with zero attached hydrogens (tertiary/aromatic N) is 2. The Morgan fingerprint density at radius 1 is 1.41 bits per heavy atom. The maximum Gasteiger partial charge on any atom is 0.303 e. The van der Waals surface area contributed by atoms with E-state index in [1.165, 1.54) is 0 Å². The molecule has 4 heteroatoms. The summed E-state index contributed by atoms with van der Waals surface area (Å²) in [6, 6.07) is 9.81. The van der Waals surface area contributed by atoms with E-state index in [1.807, 2.05) is 28.8 Å². The number of aromatic nitrogens is 1. The SMILES string of the molecule is N#Cc1cn(CCCC(=O)O)c2ccccc12. The average Bonchev–Trinajstić information content (AvgIpc) is 2.68. The number of nitriles is 1. The molecule has 0 saturated carbocycles. The Hall–Kier alpha value is -2.28. The predicted molar refractivity (Wildman–Crippen MR) is 63.5 cm³/mol. The third-order valence-corrected chi connectivity index (χ3v) is 2.70. The van der Waals surface area contributed by atoms with Gasteiger partial charge < -0.3 is 9.67 Å². The topological polar surface area (TPSA) is 66.0 Å². The molecule has 0 saturated heterocycles. The molecule has 1 aromatic carbocycles. The fraction of sp³-hybridized carbons (Fsp3) is 0.231. The summed E-state index contributed by atoms with van der Waals surface area (Å²) in [5.74, 6) is -0.790. The van der Waals surface area contributed by atoms with Crippen LogP contribution < -0.4 is 0 Å². The molecule has 1 heterocycles. The van der Waals surface area contributed by atoms with Crippen molar-refractivity contribution in [3.8, 4) is 6.07 Å². The lowest BCUT2D eigenvalue weighted by Crippen LogP contribution is -2.00. The maximum atomic E-state index is 10.5. The summed E-state index contributed by atoms with van der Waals surface area (Å²) in [6.45, 7) is 0.620. The van der Waals surface area contributed by atoms with Gasteiger partial charge in [-0.1, -0.05) is 18.2 Å². The van der Waals surface area contributed by atoms with E-state index in [1.54, 1.807) is 6.20 Å². The van der Waals surface area contributed by atoms with E-state index in [0.717, 1.165) is 10.9 Å². The van der Waals surface area contributed by atoms with Crippen molar-refractivity contribution < 1.29 is 9.90 Å². The zero-order chi connectivity index (χ0) is 12.3. The molecule has 2 aromatic rings. The molecule has 0 amide bonds. The van der Waals surface area contributed by atoms with Crippen LogP contribution in [0.15, 0.2) is 30.5 Å². The molecule has 0 bridgehead atoms. The van der Waals surface area contributed by atoms with Gasteiger partial charge >= 0.3 is 5.97 Å². The van der Waals surface area contributed by atoms with Gasteiger partial charge in [-0.05, 0) is 12.5 Å². The van der Waals surface area contributed by atoms with Gasteiger partial charge in [0, 0.05) is 30.1 Å². The molecule has 86 valence electrons. The number of benzene rings is 1. The Morgan fingerprint density at radius 3 is 2.88 bits per heavy atom. The van der Waals surface area contributed by atoms with E-state index in [4.69, 9.17) is 10.4 Å². The summed E-state index contributed by atoms with van der Waals surface area (Å²) in [5.41, 5.74) is 1.62. The summed E-state index contributed by atoms with van der Waals surface area (Å²) in [6.07, 6.45) is 2.50. The number of rotatable bonds is 4. The van der Waals surface area contributed by atoms with Crippen molar-refractivity contribution in [1.82, 2.24) is 4.57 Å². The molecule has 2 rings (SSSR count). The number of hydrogen-bond acceptors (Lipinski definition) is 2. The highest BCUT2D eigenvalue weighted by Crippen LogP contribution is 2.20. The van der Waals surface area contributed by atoms with Crippen LogP contribution in [-0.2, 0) is 11.3 Å². The number of para-hydroxylation sites is 1. The molecular formula is C13H12N2O2. The number of fused-ring (bicyclic) bond motifs is 1. The number of aryl methyl sites for hydroxylation is 1. The Labute approximate surface area is 98.7 Å². The van der Waals surface area contributed by atoms with Crippen molar-refractivity contribution in [3.05, 3.63) is 36.0 Å². The highest BCUT2D eigenvalue weighted by atomic mass is 16.4. The Balaban J connectivity index is 2.28. The van der Waals surface area contributed by atoms with Crippen LogP contribution in [0, 0.1) is 11.3 Å². The zero-order valence-corrected chi connectivity index (χ0v) is 9.26. The predicted octanol–water partition coefficient (Wildman–Crippen LogP) is 2.38. The Kier molecular flexibility index (Phi) is 3.10. The first-order valence-corrected chi connectivity index (χ1v) is 5.42. The minimum Gasteiger partial charge on any atom is -0.481 e. The smallest absolute Gasteiger partial charge is 0.303 e. The molecule has 4 nitrogen and oxygen atoms in total. The highest BCUT2D eigenvalue weighted by molar-refractivity contribution is 5.86. The van der Waals surface area contributed by atoms with Gasteiger partial charge in [0.15, 0.2) is 0 Å². The molecule has 17 heavy (non-hydrogen) atoms. The molecule has 0 radical (unpaired) electrons. The standard InChI is InChI=1S/C13H12N2O2/c14-8-10-9-15(7-3-6-13(16)17)12-5-2-1-4-11(10)12/h1-2,4-5,9H,3,6-7H2,(H,16,17). The molecule has 1 aromatic heterocycles. The van der Waals surface area contributed by atoms with Crippen molar-refractivity contribution in [2.45, 2.75) is 19.4 Å². The second kappa shape index (κ2) is 4.71. The minimum atomic E-state index is -0.790. The highest BCUT2D eigenvalue weighted by Gasteiger charge is 2.07. The van der Waals surface area contributed by atoms with E-state index < -0.39 is 5.97 Å². The first kappa shape index (κ1) is 11.2. The van der Waals surface area contributed by atoms with E-state index in [-0.39, 0.29) is 6.42 Å². The van der Waals surface area contributed by atoms with Crippen molar-refractivity contribution >= 4 is 16.9 Å². The number of aliphatic carboxylic acids is 1. The molecule has 0 spiro atoms. The monoisotopic (exact) mass is 228 g/mol. The summed E-state index contributed by atoms with van der Waals surface area (Å²) in [4.78, 5) is 10.5. The quantitative estimate of drug-likeness (QED) is 0.873.